The summed E-state index contributed by atoms with van der Waals surface area (Å²) < 4.78 is 18.5. The zero-order valence-corrected chi connectivity index (χ0v) is 22.6. The maximum atomic E-state index is 12.4. The van der Waals surface area contributed by atoms with E-state index in [4.69, 9.17) is 14.2 Å². The van der Waals surface area contributed by atoms with Gasteiger partial charge in [-0.2, -0.15) is 5.10 Å². The number of hydrogen-bond donors (Lipinski definition) is 4. The van der Waals surface area contributed by atoms with Gasteiger partial charge in [-0.15, -0.1) is 6.58 Å². The molecule has 2 atom stereocenters. The van der Waals surface area contributed by atoms with Crippen LogP contribution < -0.4 is 25.5 Å². The molecule has 0 saturated heterocycles. The first-order valence-electron chi connectivity index (χ1n) is 12.8. The van der Waals surface area contributed by atoms with Crippen molar-refractivity contribution in [2.75, 3.05) is 20.3 Å². The summed E-state index contributed by atoms with van der Waals surface area (Å²) in [6.45, 7) is 8.16. The number of methoxy groups -OCH3 is 1. The molecule has 2 heterocycles. The normalized spacial score (nSPS) is 15.9. The van der Waals surface area contributed by atoms with Crippen LogP contribution in [0.2, 0.25) is 0 Å². The summed E-state index contributed by atoms with van der Waals surface area (Å²) in [6, 6.07) is 11.8. The number of nitrogens with zero attached hydrogens (tertiary/aromatic N) is 2. The summed E-state index contributed by atoms with van der Waals surface area (Å²) >= 11 is 0. The Labute approximate surface area is 232 Å². The molecule has 4 N–H and O–H groups in total. The van der Waals surface area contributed by atoms with Crippen molar-refractivity contribution in [3.05, 3.63) is 83.7 Å². The van der Waals surface area contributed by atoms with E-state index >= 15 is 0 Å². The summed E-state index contributed by atoms with van der Waals surface area (Å²) in [6.07, 6.45) is 4.34. The molecule has 0 fully saturated rings. The van der Waals surface area contributed by atoms with Crippen molar-refractivity contribution in [3.8, 4) is 11.5 Å². The highest BCUT2D eigenvalue weighted by molar-refractivity contribution is 5.99. The van der Waals surface area contributed by atoms with Crippen LogP contribution in [0, 0.1) is 0 Å². The molecule has 0 unspecified atom stereocenters. The number of hydrazone groups is 1. The van der Waals surface area contributed by atoms with Crippen LogP contribution in [-0.2, 0) is 16.1 Å². The maximum Gasteiger partial charge on any atom is 0.337 e. The predicted molar refractivity (Wildman–Crippen MR) is 151 cm³/mol. The first-order valence-corrected chi connectivity index (χ1v) is 12.8. The minimum atomic E-state index is -1.10. The Balaban J connectivity index is 1.45. The van der Waals surface area contributed by atoms with E-state index in [-0.39, 0.29) is 12.2 Å². The fourth-order valence-electron chi connectivity index (χ4n) is 4.48. The minimum Gasteiger partial charge on any atom is -0.490 e. The summed E-state index contributed by atoms with van der Waals surface area (Å²) in [4.78, 5) is 24.5. The molecule has 1 aliphatic heterocycles. The molecule has 1 aromatic heterocycles. The van der Waals surface area contributed by atoms with E-state index < -0.39 is 24.3 Å². The van der Waals surface area contributed by atoms with Crippen molar-refractivity contribution < 1.29 is 28.9 Å². The van der Waals surface area contributed by atoms with Crippen molar-refractivity contribution in [1.29, 1.82) is 0 Å². The number of para-hydroxylation sites is 1. The molecule has 1 aliphatic rings. The van der Waals surface area contributed by atoms with E-state index in [9.17, 15) is 14.7 Å². The summed E-state index contributed by atoms with van der Waals surface area (Å²) in [5.41, 5.74) is 5.92. The van der Waals surface area contributed by atoms with E-state index in [2.05, 4.69) is 32.3 Å². The van der Waals surface area contributed by atoms with Gasteiger partial charge in [0.2, 0.25) is 0 Å². The third-order valence-electron chi connectivity index (χ3n) is 6.24. The molecule has 2 amide bonds. The molecule has 40 heavy (non-hydrogen) atoms. The summed E-state index contributed by atoms with van der Waals surface area (Å²) in [7, 11) is 1.28. The molecule has 0 aliphatic carbocycles. The number of esters is 1. The Morgan fingerprint density at radius 1 is 1.25 bits per heavy atom. The molecule has 3 aromatic rings. The number of aliphatic hydroxyl groups is 1. The van der Waals surface area contributed by atoms with Gasteiger partial charge in [-0.1, -0.05) is 30.3 Å². The lowest BCUT2D eigenvalue weighted by Crippen LogP contribution is -2.45. The maximum absolute atomic E-state index is 12.4. The van der Waals surface area contributed by atoms with Gasteiger partial charge in [0.1, 0.15) is 6.61 Å². The van der Waals surface area contributed by atoms with Crippen LogP contribution in [0.1, 0.15) is 31.0 Å². The molecule has 0 bridgehead atoms. The SMILES string of the molecule is C=CCn1cc(/C=N/N[C@@H](O)COc2ccc([C@H]3NC(=O)NC(C)=C3C(=O)OC)cc2OCC)c2ccccc21. The molecule has 0 spiro atoms. The number of hydrogen-bond acceptors (Lipinski definition) is 8. The van der Waals surface area contributed by atoms with Gasteiger partial charge in [0.05, 0.1) is 31.5 Å². The zero-order valence-electron chi connectivity index (χ0n) is 22.6. The predicted octanol–water partition coefficient (Wildman–Crippen LogP) is 3.35. The zero-order chi connectivity index (χ0) is 28.6. The standard InChI is InChI=1S/C29H33N5O6/c1-5-13-34-16-20(21-9-7-8-10-22(21)34)15-30-33-25(35)17-40-23-12-11-19(14-24(23)39-6-2)27-26(28(36)38-4)18(3)31-29(37)32-27/h5,7-12,14-16,25,27,33,35H,1,6,13,17H2,2-4H3,(H2,31,32,37)/b30-15+/t25-,27+/m0/s1. The Morgan fingerprint density at radius 3 is 2.80 bits per heavy atom. The highest BCUT2D eigenvalue weighted by Crippen LogP contribution is 2.35. The fraction of sp³-hybridized carbons (Fsp3) is 0.276. The first kappa shape index (κ1) is 28.2. The van der Waals surface area contributed by atoms with Gasteiger partial charge in [0.25, 0.3) is 0 Å². The minimum absolute atomic E-state index is 0.120. The third-order valence-corrected chi connectivity index (χ3v) is 6.24. The van der Waals surface area contributed by atoms with Gasteiger partial charge in [-0.25, -0.2) is 9.59 Å². The average Bonchev–Trinajstić information content (AvgIpc) is 3.29. The Morgan fingerprint density at radius 2 is 2.05 bits per heavy atom. The highest BCUT2D eigenvalue weighted by atomic mass is 16.5. The van der Waals surface area contributed by atoms with E-state index in [0.717, 1.165) is 16.5 Å². The number of carbonyl (C=O) groups excluding carboxylic acids is 2. The number of urea groups is 1. The molecular weight excluding hydrogens is 514 g/mol. The van der Waals surface area contributed by atoms with Crippen LogP contribution in [0.15, 0.2) is 77.7 Å². The van der Waals surface area contributed by atoms with E-state index in [1.165, 1.54) is 7.11 Å². The number of nitrogens with one attached hydrogen (secondary N) is 3. The molecule has 210 valence electrons. The number of ether oxygens (including phenoxy) is 3. The van der Waals surface area contributed by atoms with Gasteiger partial charge in [-0.3, -0.25) is 5.43 Å². The molecule has 4 rings (SSSR count). The lowest BCUT2D eigenvalue weighted by atomic mass is 9.95. The number of aromatic nitrogens is 1. The van der Waals surface area contributed by atoms with E-state index in [0.29, 0.717) is 35.9 Å². The quantitative estimate of drug-likeness (QED) is 0.0898. The van der Waals surface area contributed by atoms with Crippen LogP contribution in [0.4, 0.5) is 4.79 Å². The lowest BCUT2D eigenvalue weighted by molar-refractivity contribution is -0.136. The molecule has 0 saturated carbocycles. The van der Waals surface area contributed by atoms with Gasteiger partial charge < -0.3 is 34.5 Å². The molecule has 2 aromatic carbocycles. The van der Waals surface area contributed by atoms with E-state index in [1.54, 1.807) is 31.3 Å². The Kier molecular flexibility index (Phi) is 9.07. The van der Waals surface area contributed by atoms with Crippen LogP contribution >= 0.6 is 0 Å². The van der Waals surface area contributed by atoms with Crippen molar-refractivity contribution in [2.45, 2.75) is 32.7 Å². The number of allylic oxidation sites excluding steroid dienone is 2. The number of fused-ring (bicyclic) bond motifs is 1. The third kappa shape index (κ3) is 6.26. The van der Waals surface area contributed by atoms with Crippen LogP contribution in [0.3, 0.4) is 0 Å². The lowest BCUT2D eigenvalue weighted by Gasteiger charge is -2.28. The van der Waals surface area contributed by atoms with Gasteiger partial charge in [0.15, 0.2) is 17.7 Å². The number of carbonyl (C=O) groups is 2. The van der Waals surface area contributed by atoms with Crippen molar-refractivity contribution in [1.82, 2.24) is 20.6 Å². The number of rotatable bonds is 12. The van der Waals surface area contributed by atoms with Crippen LogP contribution in [0.5, 0.6) is 11.5 Å². The van der Waals surface area contributed by atoms with Gasteiger partial charge >= 0.3 is 12.0 Å². The molecule has 0 radical (unpaired) electrons. The average molecular weight is 548 g/mol. The topological polar surface area (TPSA) is 135 Å². The van der Waals surface area contributed by atoms with Gasteiger partial charge in [0, 0.05) is 34.9 Å². The first-order chi connectivity index (χ1) is 19.4. The molecule has 11 heteroatoms. The Hall–Kier alpha value is -4.77. The monoisotopic (exact) mass is 547 g/mol. The molecular formula is C29H33N5O6. The number of benzene rings is 2. The second-order valence-electron chi connectivity index (χ2n) is 8.96. The second kappa shape index (κ2) is 12.9. The van der Waals surface area contributed by atoms with Crippen molar-refractivity contribution >= 4 is 29.1 Å². The number of amides is 2. The largest absolute Gasteiger partial charge is 0.490 e. The van der Waals surface area contributed by atoms with Crippen molar-refractivity contribution in [3.63, 3.8) is 0 Å². The molecule has 11 nitrogen and oxygen atoms in total. The second-order valence-corrected chi connectivity index (χ2v) is 8.96. The van der Waals surface area contributed by atoms with Gasteiger partial charge in [-0.05, 0) is 37.6 Å². The fourth-order valence-corrected chi connectivity index (χ4v) is 4.48. The summed E-state index contributed by atoms with van der Waals surface area (Å²) in [5.74, 6) is 0.206. The highest BCUT2D eigenvalue weighted by Gasteiger charge is 2.32. The van der Waals surface area contributed by atoms with E-state index in [1.807, 2.05) is 43.5 Å². The van der Waals surface area contributed by atoms with Crippen LogP contribution in [-0.4, -0.2) is 54.4 Å². The van der Waals surface area contributed by atoms with Crippen LogP contribution in [0.25, 0.3) is 10.9 Å². The summed E-state index contributed by atoms with van der Waals surface area (Å²) in [5, 5.41) is 21.0. The van der Waals surface area contributed by atoms with Crippen molar-refractivity contribution in [2.24, 2.45) is 5.10 Å². The number of aliphatic hydroxyl groups excluding tert-OH is 1. The smallest absolute Gasteiger partial charge is 0.337 e. The Bertz CT molecular complexity index is 1460.